The van der Waals surface area contributed by atoms with Crippen molar-refractivity contribution in [2.24, 2.45) is 10.7 Å². The Morgan fingerprint density at radius 1 is 1.25 bits per heavy atom. The first kappa shape index (κ1) is 20.3. The maximum Gasteiger partial charge on any atom is 0.284 e. The lowest BCUT2D eigenvalue weighted by atomic mass is 10.3. The molecule has 0 unspecified atom stereocenters. The number of hydrogen-bond donors (Lipinski definition) is 2. The third kappa shape index (κ3) is 5.39. The Labute approximate surface area is 158 Å². The summed E-state index contributed by atoms with van der Waals surface area (Å²) in [5, 5.41) is 3.24. The van der Waals surface area contributed by atoms with Crippen molar-refractivity contribution in [3.8, 4) is 0 Å². The van der Waals surface area contributed by atoms with Crippen LogP contribution in [-0.2, 0) is 11.3 Å². The number of hydrogen-bond acceptors (Lipinski definition) is 4. The van der Waals surface area contributed by atoms with Crippen molar-refractivity contribution in [1.82, 2.24) is 15.1 Å². The molecule has 1 aliphatic rings. The predicted octanol–water partition coefficient (Wildman–Crippen LogP) is 0.626. The van der Waals surface area contributed by atoms with E-state index in [4.69, 9.17) is 10.2 Å². The molecule has 9 heteroatoms. The number of furan rings is 1. The van der Waals surface area contributed by atoms with E-state index in [1.165, 1.54) is 0 Å². The van der Waals surface area contributed by atoms with E-state index in [1.807, 2.05) is 11.8 Å². The molecule has 1 saturated heterocycles. The van der Waals surface area contributed by atoms with Crippen LogP contribution in [0.15, 0.2) is 21.5 Å². The molecule has 1 aromatic heterocycles. The van der Waals surface area contributed by atoms with Gasteiger partial charge < -0.3 is 25.3 Å². The van der Waals surface area contributed by atoms with Crippen LogP contribution in [0.25, 0.3) is 0 Å². The quantitative estimate of drug-likeness (QED) is 0.399. The Morgan fingerprint density at radius 3 is 2.38 bits per heavy atom. The zero-order chi connectivity index (χ0) is 16.8. The molecule has 134 valence electrons. The molecule has 0 aromatic carbocycles. The van der Waals surface area contributed by atoms with Gasteiger partial charge in [0.1, 0.15) is 12.3 Å². The molecule has 3 N–H and O–H groups in total. The monoisotopic (exact) mass is 449 g/mol. The smallest absolute Gasteiger partial charge is 0.284 e. The van der Waals surface area contributed by atoms with E-state index < -0.39 is 5.91 Å². The molecule has 0 radical (unpaired) electrons. The van der Waals surface area contributed by atoms with Crippen molar-refractivity contribution < 1.29 is 14.0 Å². The first-order chi connectivity index (χ1) is 11.0. The fourth-order valence-corrected chi connectivity index (χ4v) is 2.41. The number of guanidine groups is 1. The van der Waals surface area contributed by atoms with E-state index >= 15 is 0 Å². The lowest BCUT2D eigenvalue weighted by Gasteiger charge is -2.36. The first-order valence-electron chi connectivity index (χ1n) is 7.68. The number of primary amides is 1. The maximum atomic E-state index is 11.4. The molecule has 0 bridgehead atoms. The largest absolute Gasteiger partial charge is 0.454 e. The number of halogens is 1. The second-order valence-corrected chi connectivity index (χ2v) is 5.29. The number of aliphatic imine (C=N–C) groups is 1. The lowest BCUT2D eigenvalue weighted by molar-refractivity contribution is -0.130. The summed E-state index contributed by atoms with van der Waals surface area (Å²) in [6.45, 7) is 7.49. The highest BCUT2D eigenvalue weighted by Crippen LogP contribution is 2.09. The molecule has 0 atom stereocenters. The second kappa shape index (κ2) is 9.50. The van der Waals surface area contributed by atoms with Gasteiger partial charge >= 0.3 is 0 Å². The fraction of sp³-hybridized carbons (Fsp3) is 0.533. The number of carbonyl (C=O) groups is 2. The van der Waals surface area contributed by atoms with Gasteiger partial charge in [0.15, 0.2) is 11.7 Å². The van der Waals surface area contributed by atoms with Crippen LogP contribution in [0, 0.1) is 0 Å². The highest BCUT2D eigenvalue weighted by atomic mass is 127. The SMILES string of the molecule is CCNC(=NCc1ccc(C(N)=O)o1)N1CCN(C(C)=O)CC1.I. The summed E-state index contributed by atoms with van der Waals surface area (Å²) in [5.74, 6) is 0.994. The van der Waals surface area contributed by atoms with Gasteiger partial charge in [0.2, 0.25) is 5.91 Å². The molecule has 1 aliphatic heterocycles. The van der Waals surface area contributed by atoms with E-state index in [1.54, 1.807) is 19.1 Å². The highest BCUT2D eigenvalue weighted by Gasteiger charge is 2.20. The van der Waals surface area contributed by atoms with Crippen molar-refractivity contribution in [3.05, 3.63) is 23.7 Å². The summed E-state index contributed by atoms with van der Waals surface area (Å²) >= 11 is 0. The third-order valence-electron chi connectivity index (χ3n) is 3.65. The summed E-state index contributed by atoms with van der Waals surface area (Å²) < 4.78 is 5.33. The molecule has 1 fully saturated rings. The Balaban J connectivity index is 0.00000288. The van der Waals surface area contributed by atoms with Gasteiger partial charge in [-0.15, -0.1) is 24.0 Å². The number of amides is 2. The van der Waals surface area contributed by atoms with Crippen molar-refractivity contribution in [3.63, 3.8) is 0 Å². The van der Waals surface area contributed by atoms with Gasteiger partial charge in [-0.25, -0.2) is 4.99 Å². The average molecular weight is 449 g/mol. The predicted molar refractivity (Wildman–Crippen MR) is 101 cm³/mol. The molecule has 0 spiro atoms. The van der Waals surface area contributed by atoms with Gasteiger partial charge in [-0.3, -0.25) is 9.59 Å². The molecule has 1 aromatic rings. The van der Waals surface area contributed by atoms with E-state index in [9.17, 15) is 9.59 Å². The Hall–Kier alpha value is -1.78. The van der Waals surface area contributed by atoms with Gasteiger partial charge in [-0.05, 0) is 19.1 Å². The van der Waals surface area contributed by atoms with Crippen LogP contribution in [0.5, 0.6) is 0 Å². The van der Waals surface area contributed by atoms with Crippen LogP contribution >= 0.6 is 24.0 Å². The Kier molecular flexibility index (Phi) is 8.02. The van der Waals surface area contributed by atoms with E-state index in [2.05, 4.69) is 15.2 Å². The number of piperazine rings is 1. The minimum atomic E-state index is -0.590. The third-order valence-corrected chi connectivity index (χ3v) is 3.65. The van der Waals surface area contributed by atoms with Gasteiger partial charge in [0.05, 0.1) is 0 Å². The van der Waals surface area contributed by atoms with Gasteiger partial charge in [0, 0.05) is 39.6 Å². The standard InChI is InChI=1S/C15H23N5O3.HI/c1-3-17-15(20-8-6-19(7-9-20)11(2)21)18-10-12-4-5-13(23-12)14(16)22;/h4-5H,3,6-10H2,1-2H3,(H2,16,22)(H,17,18);1H. The molecule has 0 saturated carbocycles. The van der Waals surface area contributed by atoms with Crippen LogP contribution in [0.3, 0.4) is 0 Å². The molecule has 8 nitrogen and oxygen atoms in total. The summed E-state index contributed by atoms with van der Waals surface area (Å²) in [4.78, 5) is 30.9. The molecular formula is C15H24IN5O3. The second-order valence-electron chi connectivity index (χ2n) is 5.29. The lowest BCUT2D eigenvalue weighted by Crippen LogP contribution is -2.53. The minimum Gasteiger partial charge on any atom is -0.454 e. The van der Waals surface area contributed by atoms with Crippen LogP contribution in [0.1, 0.15) is 30.2 Å². The van der Waals surface area contributed by atoms with E-state index in [0.717, 1.165) is 25.6 Å². The number of nitrogens with one attached hydrogen (secondary N) is 1. The van der Waals surface area contributed by atoms with E-state index in [-0.39, 0.29) is 35.6 Å². The van der Waals surface area contributed by atoms with Crippen molar-refractivity contribution in [2.75, 3.05) is 32.7 Å². The summed E-state index contributed by atoms with van der Waals surface area (Å²) in [6.07, 6.45) is 0. The number of nitrogens with zero attached hydrogens (tertiary/aromatic N) is 3. The molecule has 2 rings (SSSR count). The van der Waals surface area contributed by atoms with Crippen LogP contribution in [0.2, 0.25) is 0 Å². The summed E-state index contributed by atoms with van der Waals surface area (Å²) in [7, 11) is 0. The molecule has 2 amide bonds. The molecule has 24 heavy (non-hydrogen) atoms. The maximum absolute atomic E-state index is 11.4. The van der Waals surface area contributed by atoms with Crippen molar-refractivity contribution in [1.29, 1.82) is 0 Å². The molecular weight excluding hydrogens is 425 g/mol. The zero-order valence-electron chi connectivity index (χ0n) is 13.9. The normalized spacial score (nSPS) is 15.0. The minimum absolute atomic E-state index is 0. The summed E-state index contributed by atoms with van der Waals surface area (Å²) in [6, 6.07) is 3.24. The number of rotatable bonds is 4. The summed E-state index contributed by atoms with van der Waals surface area (Å²) in [5.41, 5.74) is 5.16. The van der Waals surface area contributed by atoms with Gasteiger partial charge in [-0.2, -0.15) is 0 Å². The van der Waals surface area contributed by atoms with Crippen LogP contribution in [-0.4, -0.2) is 60.3 Å². The molecule has 2 heterocycles. The van der Waals surface area contributed by atoms with Crippen molar-refractivity contribution >= 4 is 41.8 Å². The Morgan fingerprint density at radius 2 is 1.88 bits per heavy atom. The fourth-order valence-electron chi connectivity index (χ4n) is 2.41. The first-order valence-corrected chi connectivity index (χ1v) is 7.68. The average Bonchev–Trinajstić information content (AvgIpc) is 3.01. The van der Waals surface area contributed by atoms with Gasteiger partial charge in [-0.1, -0.05) is 0 Å². The Bertz CT molecular complexity index is 594. The topological polar surface area (TPSA) is 104 Å². The van der Waals surface area contributed by atoms with Gasteiger partial charge in [0.25, 0.3) is 5.91 Å². The van der Waals surface area contributed by atoms with Crippen LogP contribution in [0.4, 0.5) is 0 Å². The number of carbonyl (C=O) groups excluding carboxylic acids is 2. The number of nitrogens with two attached hydrogens (primary N) is 1. The molecule has 0 aliphatic carbocycles. The zero-order valence-corrected chi connectivity index (χ0v) is 16.3. The van der Waals surface area contributed by atoms with Crippen molar-refractivity contribution in [2.45, 2.75) is 20.4 Å². The van der Waals surface area contributed by atoms with E-state index in [0.29, 0.717) is 25.4 Å². The highest BCUT2D eigenvalue weighted by molar-refractivity contribution is 14.0. The van der Waals surface area contributed by atoms with Crippen LogP contribution < -0.4 is 11.1 Å².